The van der Waals surface area contributed by atoms with Crippen molar-refractivity contribution in [1.82, 2.24) is 15.4 Å². The first-order valence-corrected chi connectivity index (χ1v) is 9.38. The Morgan fingerprint density at radius 2 is 1.87 bits per heavy atom. The van der Waals surface area contributed by atoms with Crippen molar-refractivity contribution in [3.63, 3.8) is 0 Å². The van der Waals surface area contributed by atoms with Gasteiger partial charge in [-0.25, -0.2) is 19.6 Å². The number of aliphatic carboxylic acids is 2. The van der Waals surface area contributed by atoms with Crippen LogP contribution >= 0.6 is 11.3 Å². The van der Waals surface area contributed by atoms with E-state index >= 15 is 0 Å². The van der Waals surface area contributed by atoms with E-state index in [4.69, 9.17) is 25.6 Å². The molecule has 1 aliphatic rings. The summed E-state index contributed by atoms with van der Waals surface area (Å²) >= 11 is 1.02. The van der Waals surface area contributed by atoms with Crippen molar-refractivity contribution in [1.29, 1.82) is 0 Å². The molecule has 164 valence electrons. The third kappa shape index (κ3) is 5.01. The molecule has 0 radical (unpaired) electrons. The minimum absolute atomic E-state index is 0.0306. The number of hydrogen-bond acceptors (Lipinski definition) is 10. The highest BCUT2D eigenvalue weighted by Crippen LogP contribution is 2.20. The molecule has 0 spiro atoms. The first-order chi connectivity index (χ1) is 13.7. The number of anilines is 1. The van der Waals surface area contributed by atoms with Gasteiger partial charge in [-0.15, -0.1) is 11.3 Å². The lowest BCUT2D eigenvalue weighted by Gasteiger charge is -2.40. The number of β-lactam (4-membered cyclic amide) rings is 1. The molecule has 0 bridgehead atoms. The molecule has 5 N–H and O–H groups in total. The third-order valence-corrected chi connectivity index (χ3v) is 4.58. The van der Waals surface area contributed by atoms with Gasteiger partial charge >= 0.3 is 11.9 Å². The molecule has 2 amide bonds. The van der Waals surface area contributed by atoms with Crippen LogP contribution in [0, 0.1) is 0 Å². The van der Waals surface area contributed by atoms with E-state index in [9.17, 15) is 19.2 Å². The molecule has 2 rings (SSSR count). The predicted molar refractivity (Wildman–Crippen MR) is 102 cm³/mol. The number of rotatable bonds is 9. The van der Waals surface area contributed by atoms with Crippen LogP contribution in [0.1, 0.15) is 33.4 Å². The van der Waals surface area contributed by atoms with E-state index in [-0.39, 0.29) is 23.1 Å². The summed E-state index contributed by atoms with van der Waals surface area (Å²) < 4.78 is 0. The predicted octanol–water partition coefficient (Wildman–Crippen LogP) is -0.569. The molecule has 13 nitrogen and oxygen atoms in total. The maximum Gasteiger partial charge on any atom is 0.350 e. The number of hydroxylamine groups is 2. The number of carbonyl (C=O) groups excluding carboxylic acids is 2. The summed E-state index contributed by atoms with van der Waals surface area (Å²) in [6.45, 7) is 4.91. The number of carboxylic acid groups (broad SMARTS) is 2. The van der Waals surface area contributed by atoms with Gasteiger partial charge in [-0.05, 0) is 27.7 Å². The molecule has 30 heavy (non-hydrogen) atoms. The van der Waals surface area contributed by atoms with Crippen LogP contribution in [0.4, 0.5) is 5.13 Å². The van der Waals surface area contributed by atoms with Crippen LogP contribution in [0.25, 0.3) is 0 Å². The average molecular weight is 443 g/mol. The smallest absolute Gasteiger partial charge is 0.350 e. The van der Waals surface area contributed by atoms with Crippen molar-refractivity contribution < 1.29 is 39.1 Å². The van der Waals surface area contributed by atoms with E-state index in [0.29, 0.717) is 0 Å². The number of nitrogens with two attached hydrogens (primary N) is 1. The van der Waals surface area contributed by atoms with E-state index in [1.165, 1.54) is 33.1 Å². The quantitative estimate of drug-likeness (QED) is 0.218. The molecular weight excluding hydrogens is 422 g/mol. The van der Waals surface area contributed by atoms with Crippen LogP contribution in [0.5, 0.6) is 0 Å². The number of oxime groups is 1. The summed E-state index contributed by atoms with van der Waals surface area (Å²) in [5.41, 5.74) is 1.86. The lowest BCUT2D eigenvalue weighted by molar-refractivity contribution is -0.256. The lowest BCUT2D eigenvalue weighted by atomic mass is 10.1. The minimum Gasteiger partial charge on any atom is -0.479 e. The number of thiazole rings is 1. The molecule has 2 heterocycles. The fourth-order valence-electron chi connectivity index (χ4n) is 1.93. The maximum absolute atomic E-state index is 12.6. The van der Waals surface area contributed by atoms with E-state index in [2.05, 4.69) is 15.5 Å². The van der Waals surface area contributed by atoms with Gasteiger partial charge in [0, 0.05) is 5.38 Å². The zero-order valence-electron chi connectivity index (χ0n) is 16.5. The highest BCUT2D eigenvalue weighted by atomic mass is 32.1. The lowest BCUT2D eigenvalue weighted by Crippen LogP contribution is -2.66. The molecule has 1 fully saturated rings. The number of carboxylic acids is 2. The zero-order chi connectivity index (χ0) is 22.9. The average Bonchev–Trinajstić information content (AvgIpc) is 3.06. The Kier molecular flexibility index (Phi) is 6.32. The molecule has 0 aliphatic carbocycles. The second-order valence-corrected chi connectivity index (χ2v) is 8.14. The van der Waals surface area contributed by atoms with Crippen molar-refractivity contribution in [3.05, 3.63) is 11.1 Å². The van der Waals surface area contributed by atoms with Gasteiger partial charge in [0.1, 0.15) is 11.7 Å². The Bertz CT molecular complexity index is 909. The number of nitrogen functional groups attached to an aromatic ring is 1. The van der Waals surface area contributed by atoms with Gasteiger partial charge < -0.3 is 26.1 Å². The highest BCUT2D eigenvalue weighted by Gasteiger charge is 2.44. The van der Waals surface area contributed by atoms with Crippen molar-refractivity contribution in [2.45, 2.75) is 44.9 Å². The van der Waals surface area contributed by atoms with Crippen molar-refractivity contribution >= 4 is 45.9 Å². The Morgan fingerprint density at radius 3 is 2.33 bits per heavy atom. The van der Waals surface area contributed by atoms with Crippen LogP contribution in [-0.2, 0) is 28.9 Å². The standard InChI is InChI=1S/C16H21N5O8S/c1-15(2,12(24)25)28-20-9(8-6-30-14(17)19-8)10(22)18-7-5-21(11(7)23)29-16(3,4)13(26)27/h6-7H,5H2,1-4H3,(H2,17,19)(H,18,22)(H,24,25)(H,26,27)/t7-/m0/s1. The molecule has 1 aromatic rings. The van der Waals surface area contributed by atoms with E-state index in [1.54, 1.807) is 0 Å². The summed E-state index contributed by atoms with van der Waals surface area (Å²) in [6.07, 6.45) is 0. The number of amides is 2. The van der Waals surface area contributed by atoms with Crippen LogP contribution in [0.15, 0.2) is 10.5 Å². The molecule has 14 heteroatoms. The van der Waals surface area contributed by atoms with Gasteiger partial charge in [0.2, 0.25) is 5.60 Å². The molecule has 1 saturated heterocycles. The van der Waals surface area contributed by atoms with Crippen LogP contribution in [0.3, 0.4) is 0 Å². The summed E-state index contributed by atoms with van der Waals surface area (Å²) in [6, 6.07) is -1.00. The Morgan fingerprint density at radius 1 is 1.27 bits per heavy atom. The first kappa shape index (κ1) is 23.0. The molecule has 0 unspecified atom stereocenters. The third-order valence-electron chi connectivity index (χ3n) is 3.91. The fourth-order valence-corrected chi connectivity index (χ4v) is 2.47. The zero-order valence-corrected chi connectivity index (χ0v) is 17.3. The molecule has 1 aliphatic heterocycles. The molecular formula is C16H21N5O8S. The maximum atomic E-state index is 12.6. The van der Waals surface area contributed by atoms with Gasteiger partial charge in [-0.1, -0.05) is 5.16 Å². The van der Waals surface area contributed by atoms with Crippen LogP contribution in [-0.4, -0.2) is 73.5 Å². The molecule has 1 atom stereocenters. The number of carbonyl (C=O) groups is 4. The van der Waals surface area contributed by atoms with Crippen LogP contribution < -0.4 is 11.1 Å². The molecule has 0 saturated carbocycles. The SMILES string of the molecule is CC(C)(ON=C(C(=O)N[C@H]1CN(OC(C)(C)C(=O)O)C1=O)c1csc(N)n1)C(=O)O. The fraction of sp³-hybridized carbons (Fsp3) is 0.500. The van der Waals surface area contributed by atoms with Gasteiger partial charge in [-0.2, -0.15) is 0 Å². The first-order valence-electron chi connectivity index (χ1n) is 8.50. The second kappa shape index (κ2) is 8.23. The molecule has 0 aromatic carbocycles. The second-order valence-electron chi connectivity index (χ2n) is 7.25. The van der Waals surface area contributed by atoms with Gasteiger partial charge in [-0.3, -0.25) is 14.4 Å². The Balaban J connectivity index is 2.12. The van der Waals surface area contributed by atoms with E-state index in [1.807, 2.05) is 0 Å². The van der Waals surface area contributed by atoms with Gasteiger partial charge in [0.05, 0.1) is 6.54 Å². The summed E-state index contributed by atoms with van der Waals surface area (Å²) in [5, 5.41) is 26.6. The van der Waals surface area contributed by atoms with Crippen molar-refractivity contribution in [2.24, 2.45) is 5.16 Å². The Labute approximate surface area is 174 Å². The highest BCUT2D eigenvalue weighted by molar-refractivity contribution is 7.13. The number of hydrogen-bond donors (Lipinski definition) is 4. The summed E-state index contributed by atoms with van der Waals surface area (Å²) in [4.78, 5) is 61.1. The van der Waals surface area contributed by atoms with Crippen molar-refractivity contribution in [3.8, 4) is 0 Å². The summed E-state index contributed by atoms with van der Waals surface area (Å²) in [5.74, 6) is -4.11. The molecule has 1 aromatic heterocycles. The Hall–Kier alpha value is -3.26. The van der Waals surface area contributed by atoms with Gasteiger partial charge in [0.15, 0.2) is 16.4 Å². The van der Waals surface area contributed by atoms with E-state index < -0.39 is 41.0 Å². The largest absolute Gasteiger partial charge is 0.479 e. The number of aromatic nitrogens is 1. The van der Waals surface area contributed by atoms with Gasteiger partial charge in [0.25, 0.3) is 11.8 Å². The van der Waals surface area contributed by atoms with Crippen LogP contribution in [0.2, 0.25) is 0 Å². The van der Waals surface area contributed by atoms with Crippen molar-refractivity contribution in [2.75, 3.05) is 12.3 Å². The number of nitrogens with zero attached hydrogens (tertiary/aromatic N) is 3. The van der Waals surface area contributed by atoms with E-state index in [0.717, 1.165) is 16.4 Å². The normalized spacial score (nSPS) is 17.3. The minimum atomic E-state index is -1.73. The number of nitrogens with one attached hydrogen (secondary N) is 1. The monoisotopic (exact) mass is 443 g/mol. The summed E-state index contributed by atoms with van der Waals surface area (Å²) in [7, 11) is 0. The topological polar surface area (TPSA) is 194 Å².